The first-order chi connectivity index (χ1) is 13.2. The second kappa shape index (κ2) is 8.22. The maximum absolute atomic E-state index is 2.45. The maximum atomic E-state index is 2.45. The third-order valence-corrected chi connectivity index (χ3v) is 8.93. The minimum absolute atomic E-state index is 0.204. The van der Waals surface area contributed by atoms with E-state index in [-0.39, 0.29) is 7.92 Å². The summed E-state index contributed by atoms with van der Waals surface area (Å²) in [6.07, 6.45) is 9.60. The zero-order valence-corrected chi connectivity index (χ0v) is 19.0. The third-order valence-electron chi connectivity index (χ3n) is 5.10. The van der Waals surface area contributed by atoms with Gasteiger partial charge in [-0.2, -0.15) is 0 Å². The van der Waals surface area contributed by atoms with Crippen molar-refractivity contribution in [1.29, 1.82) is 0 Å². The molecule has 2 aromatic carbocycles. The molecule has 1 aliphatic carbocycles. The molecule has 0 aromatic heterocycles. The summed E-state index contributed by atoms with van der Waals surface area (Å²) in [4.78, 5) is 0. The van der Waals surface area contributed by atoms with E-state index in [1.54, 1.807) is 0 Å². The van der Waals surface area contributed by atoms with Gasteiger partial charge >= 0.3 is 0 Å². The number of hydrogen-bond donors (Lipinski definition) is 0. The highest BCUT2D eigenvalue weighted by molar-refractivity contribution is 7.62. The predicted octanol–water partition coefficient (Wildman–Crippen LogP) is 8.06. The number of hydrogen-bond acceptors (Lipinski definition) is 0. The molecule has 0 spiro atoms. The fraction of sp³-hybridized carbons (Fsp3) is 0.333. The molecule has 28 heavy (non-hydrogen) atoms. The monoisotopic (exact) mass is 388 g/mol. The third kappa shape index (κ3) is 4.73. The van der Waals surface area contributed by atoms with Crippen molar-refractivity contribution in [3.05, 3.63) is 102 Å². The van der Waals surface area contributed by atoms with Crippen molar-refractivity contribution in [3.8, 4) is 0 Å². The van der Waals surface area contributed by atoms with Crippen LogP contribution in [-0.2, 0) is 0 Å². The zero-order valence-electron chi connectivity index (χ0n) is 18.1. The molecule has 1 heteroatoms. The number of rotatable bonds is 3. The first kappa shape index (κ1) is 20.8. The Bertz CT molecular complexity index is 800. The summed E-state index contributed by atoms with van der Waals surface area (Å²) in [5.74, 6) is 0. The van der Waals surface area contributed by atoms with Gasteiger partial charge in [-0.1, -0.05) is 134 Å². The lowest BCUT2D eigenvalue weighted by molar-refractivity contribution is 0.701. The van der Waals surface area contributed by atoms with Crippen molar-refractivity contribution in [2.45, 2.75) is 57.5 Å². The van der Waals surface area contributed by atoms with E-state index in [0.29, 0.717) is 16.0 Å². The van der Waals surface area contributed by atoms with Gasteiger partial charge in [-0.15, -0.1) is 0 Å². The first-order valence-corrected chi connectivity index (χ1v) is 11.6. The van der Waals surface area contributed by atoms with Gasteiger partial charge in [0.2, 0.25) is 0 Å². The van der Waals surface area contributed by atoms with Gasteiger partial charge in [0.25, 0.3) is 0 Å². The molecule has 3 rings (SSSR count). The Morgan fingerprint density at radius 3 is 1.39 bits per heavy atom. The molecule has 2 aromatic rings. The van der Waals surface area contributed by atoms with Gasteiger partial charge in [0.05, 0.1) is 0 Å². The van der Waals surface area contributed by atoms with Crippen LogP contribution in [0.1, 0.15) is 52.7 Å². The largest absolute Gasteiger partial charge is 0.0846 e. The standard InChI is InChI=1S/C27H33P/c1-26(2,3)28(27(4,5)6)24-19-17-23(18-20-24)25(21-13-9-7-10-14-21)22-15-11-8-12-16-22/h7-20,24H,1-6H3. The minimum Gasteiger partial charge on any atom is -0.0846 e. The Morgan fingerprint density at radius 2 is 1.04 bits per heavy atom. The lowest BCUT2D eigenvalue weighted by Crippen LogP contribution is -2.30. The molecule has 0 nitrogen and oxygen atoms in total. The second-order valence-corrected chi connectivity index (χ2v) is 13.5. The quantitative estimate of drug-likeness (QED) is 0.466. The Morgan fingerprint density at radius 1 is 0.643 bits per heavy atom. The van der Waals surface area contributed by atoms with Crippen molar-refractivity contribution in [2.75, 3.05) is 0 Å². The highest BCUT2D eigenvalue weighted by atomic mass is 31.1. The molecule has 0 radical (unpaired) electrons. The lowest BCUT2D eigenvalue weighted by atomic mass is 9.91. The average molecular weight is 389 g/mol. The molecule has 1 aliphatic rings. The van der Waals surface area contributed by atoms with Crippen LogP contribution in [0.2, 0.25) is 0 Å². The Balaban J connectivity index is 2.04. The van der Waals surface area contributed by atoms with E-state index in [1.807, 2.05) is 0 Å². The van der Waals surface area contributed by atoms with E-state index in [9.17, 15) is 0 Å². The van der Waals surface area contributed by atoms with E-state index in [0.717, 1.165) is 0 Å². The van der Waals surface area contributed by atoms with E-state index in [1.165, 1.54) is 22.3 Å². The van der Waals surface area contributed by atoms with Gasteiger partial charge in [-0.25, -0.2) is 0 Å². The molecule has 0 amide bonds. The van der Waals surface area contributed by atoms with E-state index >= 15 is 0 Å². The van der Waals surface area contributed by atoms with Gasteiger partial charge in [0.15, 0.2) is 0 Å². The molecule has 146 valence electrons. The molecular formula is C27H33P. The lowest BCUT2D eigenvalue weighted by Gasteiger charge is -2.45. The molecule has 0 fully saturated rings. The second-order valence-electron chi connectivity index (χ2n) is 9.48. The van der Waals surface area contributed by atoms with Crippen molar-refractivity contribution in [3.63, 3.8) is 0 Å². The Kier molecular flexibility index (Phi) is 6.11. The Hall–Kier alpha value is -1.91. The van der Waals surface area contributed by atoms with E-state index in [4.69, 9.17) is 0 Å². The topological polar surface area (TPSA) is 0 Å². The average Bonchev–Trinajstić information content (AvgIpc) is 2.63. The molecule has 0 saturated carbocycles. The van der Waals surface area contributed by atoms with Crippen molar-refractivity contribution in [1.82, 2.24) is 0 Å². The van der Waals surface area contributed by atoms with Crippen molar-refractivity contribution >= 4 is 13.5 Å². The summed E-state index contributed by atoms with van der Waals surface area (Å²) in [6, 6.07) is 21.5. The SMILES string of the molecule is CC(C)(C)P(C1C=CC(=C(c2ccccc2)c2ccccc2)C=C1)C(C)(C)C. The molecule has 0 N–H and O–H groups in total. The minimum atomic E-state index is -0.204. The molecule has 0 aliphatic heterocycles. The van der Waals surface area contributed by atoms with Crippen molar-refractivity contribution < 1.29 is 0 Å². The van der Waals surface area contributed by atoms with Gasteiger partial charge in [-0.3, -0.25) is 0 Å². The first-order valence-electron chi connectivity index (χ1n) is 10.2. The van der Waals surface area contributed by atoms with E-state index < -0.39 is 0 Å². The summed E-state index contributed by atoms with van der Waals surface area (Å²) in [7, 11) is -0.204. The summed E-state index contributed by atoms with van der Waals surface area (Å²) in [6.45, 7) is 14.4. The molecule has 0 unspecified atom stereocenters. The van der Waals surface area contributed by atoms with Gasteiger partial charge in [-0.05, 0) is 32.6 Å². The number of benzene rings is 2. The molecule has 0 heterocycles. The van der Waals surface area contributed by atoms with Crippen LogP contribution in [0.5, 0.6) is 0 Å². The number of allylic oxidation sites excluding steroid dienone is 5. The van der Waals surface area contributed by atoms with Crippen LogP contribution in [0.15, 0.2) is 90.5 Å². The molecular weight excluding hydrogens is 355 g/mol. The van der Waals surface area contributed by atoms with Gasteiger partial charge < -0.3 is 0 Å². The normalized spacial score (nSPS) is 17.2. The van der Waals surface area contributed by atoms with Gasteiger partial charge in [0.1, 0.15) is 0 Å². The summed E-state index contributed by atoms with van der Waals surface area (Å²) in [5, 5.41) is 0.631. The summed E-state index contributed by atoms with van der Waals surface area (Å²) >= 11 is 0. The highest BCUT2D eigenvalue weighted by Crippen LogP contribution is 2.63. The van der Waals surface area contributed by atoms with Crippen LogP contribution in [-0.4, -0.2) is 16.0 Å². The van der Waals surface area contributed by atoms with Crippen LogP contribution in [0, 0.1) is 0 Å². The summed E-state index contributed by atoms with van der Waals surface area (Å²) < 4.78 is 0. The molecule has 0 atom stereocenters. The predicted molar refractivity (Wildman–Crippen MR) is 127 cm³/mol. The van der Waals surface area contributed by atoms with Crippen molar-refractivity contribution in [2.24, 2.45) is 0 Å². The maximum Gasteiger partial charge on any atom is 0.0166 e. The molecule has 0 bridgehead atoms. The van der Waals surface area contributed by atoms with Crippen LogP contribution in [0.25, 0.3) is 5.57 Å². The summed E-state index contributed by atoms with van der Waals surface area (Å²) in [5.41, 5.74) is 5.66. The highest BCUT2D eigenvalue weighted by Gasteiger charge is 2.38. The van der Waals surface area contributed by atoms with Crippen LogP contribution in [0.3, 0.4) is 0 Å². The molecule has 0 saturated heterocycles. The fourth-order valence-corrected chi connectivity index (χ4v) is 8.79. The Labute approximate surface area is 172 Å². The smallest absolute Gasteiger partial charge is 0.0166 e. The van der Waals surface area contributed by atoms with Crippen LogP contribution in [0.4, 0.5) is 0 Å². The van der Waals surface area contributed by atoms with E-state index in [2.05, 4.69) is 127 Å². The zero-order chi connectivity index (χ0) is 20.4. The van der Waals surface area contributed by atoms with Gasteiger partial charge in [0, 0.05) is 5.66 Å². The fourth-order valence-electron chi connectivity index (χ4n) is 4.47. The van der Waals surface area contributed by atoms with Crippen LogP contribution < -0.4 is 0 Å². The van der Waals surface area contributed by atoms with Crippen LogP contribution >= 0.6 is 7.92 Å².